The van der Waals surface area contributed by atoms with Crippen molar-refractivity contribution in [2.24, 2.45) is 5.92 Å². The first-order chi connectivity index (χ1) is 11.5. The van der Waals surface area contributed by atoms with Gasteiger partial charge in [-0.3, -0.25) is 9.59 Å². The molecule has 0 radical (unpaired) electrons. The molecule has 128 valence electrons. The van der Waals surface area contributed by atoms with Crippen LogP contribution in [0.1, 0.15) is 35.5 Å². The van der Waals surface area contributed by atoms with Crippen LogP contribution in [0, 0.1) is 5.92 Å². The molecule has 0 aliphatic carbocycles. The molecular formula is C18H22N2O4. The van der Waals surface area contributed by atoms with Crippen molar-refractivity contribution < 1.29 is 19.1 Å². The molecule has 24 heavy (non-hydrogen) atoms. The van der Waals surface area contributed by atoms with Gasteiger partial charge in [0.05, 0.1) is 12.9 Å². The van der Waals surface area contributed by atoms with E-state index in [1.807, 2.05) is 32.0 Å². The molecule has 2 aromatic rings. The Labute approximate surface area is 140 Å². The second kappa shape index (κ2) is 8.31. The predicted molar refractivity (Wildman–Crippen MR) is 89.0 cm³/mol. The van der Waals surface area contributed by atoms with Crippen molar-refractivity contribution in [3.8, 4) is 0 Å². The van der Waals surface area contributed by atoms with Gasteiger partial charge in [-0.2, -0.15) is 0 Å². The van der Waals surface area contributed by atoms with E-state index in [0.29, 0.717) is 0 Å². The maximum atomic E-state index is 12.4. The summed E-state index contributed by atoms with van der Waals surface area (Å²) in [7, 11) is 0. The molecule has 1 atom stereocenters. The first-order valence-electron chi connectivity index (χ1n) is 7.82. The number of hydrogen-bond donors (Lipinski definition) is 3. The Morgan fingerprint density at radius 1 is 1.12 bits per heavy atom. The first-order valence-corrected chi connectivity index (χ1v) is 7.82. The van der Waals surface area contributed by atoms with Crippen LogP contribution in [0.2, 0.25) is 0 Å². The molecule has 2 amide bonds. The van der Waals surface area contributed by atoms with Crippen LogP contribution in [-0.4, -0.2) is 23.0 Å². The van der Waals surface area contributed by atoms with Gasteiger partial charge in [0.1, 0.15) is 6.04 Å². The zero-order valence-corrected chi connectivity index (χ0v) is 13.8. The molecule has 6 nitrogen and oxygen atoms in total. The maximum Gasteiger partial charge on any atom is 0.287 e. The molecule has 0 saturated carbocycles. The Kier molecular flexibility index (Phi) is 6.14. The minimum Gasteiger partial charge on any atom is -0.459 e. The standard InChI is InChI=1S/C18H22N2O4/c1-12(2)16(20-17(22)15-8-5-9-24-15)18(23)19-10-13-6-3-4-7-14(13)11-21/h3-9,12,16,21H,10-11H2,1-2H3,(H,19,23)(H,20,22). The lowest BCUT2D eigenvalue weighted by atomic mass is 10.0. The third-order valence-electron chi connectivity index (χ3n) is 3.72. The van der Waals surface area contributed by atoms with Crippen LogP contribution < -0.4 is 10.6 Å². The van der Waals surface area contributed by atoms with Crippen LogP contribution in [0.3, 0.4) is 0 Å². The summed E-state index contributed by atoms with van der Waals surface area (Å²) in [5.74, 6) is -0.627. The summed E-state index contributed by atoms with van der Waals surface area (Å²) in [5.41, 5.74) is 1.60. The van der Waals surface area contributed by atoms with Crippen LogP contribution in [-0.2, 0) is 17.9 Å². The molecule has 0 bridgehead atoms. The zero-order chi connectivity index (χ0) is 17.5. The van der Waals surface area contributed by atoms with Crippen LogP contribution in [0.5, 0.6) is 0 Å². The summed E-state index contributed by atoms with van der Waals surface area (Å²) in [6.45, 7) is 3.91. The summed E-state index contributed by atoms with van der Waals surface area (Å²) in [6.07, 6.45) is 1.41. The molecule has 1 aromatic heterocycles. The van der Waals surface area contributed by atoms with E-state index in [1.165, 1.54) is 6.26 Å². The average Bonchev–Trinajstić information content (AvgIpc) is 3.12. The van der Waals surface area contributed by atoms with Crippen molar-refractivity contribution in [1.82, 2.24) is 10.6 Å². The second-order valence-electron chi connectivity index (χ2n) is 5.82. The maximum absolute atomic E-state index is 12.4. The van der Waals surface area contributed by atoms with E-state index < -0.39 is 11.9 Å². The van der Waals surface area contributed by atoms with E-state index in [-0.39, 0.29) is 30.7 Å². The fraction of sp³-hybridized carbons (Fsp3) is 0.333. The monoisotopic (exact) mass is 330 g/mol. The van der Waals surface area contributed by atoms with Gasteiger partial charge in [0.2, 0.25) is 5.91 Å². The number of carbonyl (C=O) groups excluding carboxylic acids is 2. The van der Waals surface area contributed by atoms with Gasteiger partial charge in [-0.05, 0) is 29.2 Å². The fourth-order valence-electron chi connectivity index (χ4n) is 2.33. The van der Waals surface area contributed by atoms with Crippen LogP contribution >= 0.6 is 0 Å². The molecule has 0 spiro atoms. The van der Waals surface area contributed by atoms with Gasteiger partial charge in [0.25, 0.3) is 5.91 Å². The van der Waals surface area contributed by atoms with Gasteiger partial charge in [-0.1, -0.05) is 38.1 Å². The van der Waals surface area contributed by atoms with E-state index in [4.69, 9.17) is 4.42 Å². The Balaban J connectivity index is 2.00. The number of carbonyl (C=O) groups is 2. The molecule has 0 fully saturated rings. The molecule has 3 N–H and O–H groups in total. The average molecular weight is 330 g/mol. The summed E-state index contributed by atoms with van der Waals surface area (Å²) in [5, 5.41) is 14.8. The Hall–Kier alpha value is -2.60. The van der Waals surface area contributed by atoms with Crippen molar-refractivity contribution in [1.29, 1.82) is 0 Å². The van der Waals surface area contributed by atoms with Gasteiger partial charge in [-0.15, -0.1) is 0 Å². The molecule has 1 aromatic carbocycles. The molecule has 6 heteroatoms. The van der Waals surface area contributed by atoms with Gasteiger partial charge < -0.3 is 20.2 Å². The number of aliphatic hydroxyl groups excluding tert-OH is 1. The quantitative estimate of drug-likeness (QED) is 0.722. The number of rotatable bonds is 7. The molecule has 0 aliphatic rings. The highest BCUT2D eigenvalue weighted by Crippen LogP contribution is 2.10. The molecule has 2 rings (SSSR count). The Morgan fingerprint density at radius 3 is 2.42 bits per heavy atom. The fourth-order valence-corrected chi connectivity index (χ4v) is 2.33. The predicted octanol–water partition coefficient (Wildman–Crippen LogP) is 1.84. The SMILES string of the molecule is CC(C)C(NC(=O)c1ccco1)C(=O)NCc1ccccc1CO. The minimum atomic E-state index is -0.677. The summed E-state index contributed by atoms with van der Waals surface area (Å²) in [4.78, 5) is 24.5. The highest BCUT2D eigenvalue weighted by molar-refractivity contribution is 5.95. The second-order valence-corrected chi connectivity index (χ2v) is 5.82. The lowest BCUT2D eigenvalue weighted by Gasteiger charge is -2.21. The largest absolute Gasteiger partial charge is 0.459 e. The summed E-state index contributed by atoms with van der Waals surface area (Å²) >= 11 is 0. The van der Waals surface area contributed by atoms with Crippen LogP contribution in [0.25, 0.3) is 0 Å². The van der Waals surface area contributed by atoms with Gasteiger partial charge in [-0.25, -0.2) is 0 Å². The topological polar surface area (TPSA) is 91.6 Å². The summed E-state index contributed by atoms with van der Waals surface area (Å²) in [6, 6.07) is 9.81. The van der Waals surface area contributed by atoms with E-state index in [1.54, 1.807) is 18.2 Å². The lowest BCUT2D eigenvalue weighted by molar-refractivity contribution is -0.124. The smallest absolute Gasteiger partial charge is 0.287 e. The van der Waals surface area contributed by atoms with Gasteiger partial charge >= 0.3 is 0 Å². The normalized spacial score (nSPS) is 12.0. The Morgan fingerprint density at radius 2 is 1.83 bits per heavy atom. The van der Waals surface area contributed by atoms with Crippen molar-refractivity contribution in [2.75, 3.05) is 0 Å². The third kappa shape index (κ3) is 4.45. The van der Waals surface area contributed by atoms with E-state index in [9.17, 15) is 14.7 Å². The number of amides is 2. The van der Waals surface area contributed by atoms with E-state index >= 15 is 0 Å². The number of hydrogen-bond acceptors (Lipinski definition) is 4. The summed E-state index contributed by atoms with van der Waals surface area (Å²) < 4.78 is 5.04. The van der Waals surface area contributed by atoms with Crippen molar-refractivity contribution in [2.45, 2.75) is 33.0 Å². The Bertz CT molecular complexity index is 680. The number of furan rings is 1. The number of benzene rings is 1. The van der Waals surface area contributed by atoms with Crippen LogP contribution in [0.15, 0.2) is 47.1 Å². The lowest BCUT2D eigenvalue weighted by Crippen LogP contribution is -2.49. The molecular weight excluding hydrogens is 308 g/mol. The number of nitrogens with one attached hydrogen (secondary N) is 2. The molecule has 1 unspecified atom stereocenters. The first kappa shape index (κ1) is 17.7. The highest BCUT2D eigenvalue weighted by atomic mass is 16.3. The van der Waals surface area contributed by atoms with Crippen molar-refractivity contribution in [3.63, 3.8) is 0 Å². The van der Waals surface area contributed by atoms with Crippen LogP contribution in [0.4, 0.5) is 0 Å². The highest BCUT2D eigenvalue weighted by Gasteiger charge is 2.25. The molecule has 0 aliphatic heterocycles. The number of aliphatic hydroxyl groups is 1. The van der Waals surface area contributed by atoms with E-state index in [0.717, 1.165) is 11.1 Å². The zero-order valence-electron chi connectivity index (χ0n) is 13.8. The van der Waals surface area contributed by atoms with Crippen molar-refractivity contribution >= 4 is 11.8 Å². The molecule has 1 heterocycles. The van der Waals surface area contributed by atoms with Crippen molar-refractivity contribution in [3.05, 3.63) is 59.5 Å². The minimum absolute atomic E-state index is 0.0861. The van der Waals surface area contributed by atoms with Gasteiger partial charge in [0.15, 0.2) is 5.76 Å². The van der Waals surface area contributed by atoms with Gasteiger partial charge in [0, 0.05) is 6.54 Å². The van der Waals surface area contributed by atoms with E-state index in [2.05, 4.69) is 10.6 Å². The molecule has 0 saturated heterocycles. The third-order valence-corrected chi connectivity index (χ3v) is 3.72.